The third-order valence-electron chi connectivity index (χ3n) is 4.02. The fraction of sp³-hybridized carbons (Fsp3) is 0.368. The molecule has 1 N–H and O–H groups in total. The molecule has 1 aliphatic rings. The Bertz CT molecular complexity index is 674. The van der Waals surface area contributed by atoms with E-state index >= 15 is 0 Å². The smallest absolute Gasteiger partial charge is 0.124 e. The molecule has 0 aliphatic carbocycles. The highest BCUT2D eigenvalue weighted by molar-refractivity contribution is 9.10. The molecule has 1 heterocycles. The predicted molar refractivity (Wildman–Crippen MR) is 101 cm³/mol. The van der Waals surface area contributed by atoms with Crippen molar-refractivity contribution in [2.75, 3.05) is 13.2 Å². The summed E-state index contributed by atoms with van der Waals surface area (Å²) >= 11 is 9.56. The molecule has 0 aromatic heterocycles. The van der Waals surface area contributed by atoms with Gasteiger partial charge in [0.15, 0.2) is 0 Å². The molecule has 24 heavy (non-hydrogen) atoms. The van der Waals surface area contributed by atoms with Crippen LogP contribution in [0.2, 0.25) is 5.02 Å². The maximum absolute atomic E-state index is 6.03. The van der Waals surface area contributed by atoms with E-state index < -0.39 is 0 Å². The van der Waals surface area contributed by atoms with Crippen LogP contribution in [0.1, 0.15) is 24.0 Å². The van der Waals surface area contributed by atoms with E-state index in [1.54, 1.807) is 0 Å². The van der Waals surface area contributed by atoms with Crippen molar-refractivity contribution in [3.05, 3.63) is 63.1 Å². The average Bonchev–Trinajstić information content (AvgIpc) is 3.07. The van der Waals surface area contributed by atoms with Crippen molar-refractivity contribution in [3.63, 3.8) is 0 Å². The van der Waals surface area contributed by atoms with Crippen LogP contribution in [-0.2, 0) is 17.9 Å². The van der Waals surface area contributed by atoms with Gasteiger partial charge in [0.2, 0.25) is 0 Å². The fourth-order valence-electron chi connectivity index (χ4n) is 2.79. The lowest BCUT2D eigenvalue weighted by atomic mass is 10.2. The van der Waals surface area contributed by atoms with Crippen molar-refractivity contribution < 1.29 is 9.47 Å². The number of nitrogens with one attached hydrogen (secondary N) is 1. The van der Waals surface area contributed by atoms with Gasteiger partial charge in [-0.1, -0.05) is 39.7 Å². The van der Waals surface area contributed by atoms with Crippen molar-refractivity contribution in [2.45, 2.75) is 32.1 Å². The maximum atomic E-state index is 6.03. The van der Waals surface area contributed by atoms with E-state index in [-0.39, 0.29) is 0 Å². The van der Waals surface area contributed by atoms with Crippen molar-refractivity contribution in [3.8, 4) is 5.75 Å². The zero-order chi connectivity index (χ0) is 16.8. The molecule has 0 bridgehead atoms. The van der Waals surface area contributed by atoms with E-state index in [0.29, 0.717) is 12.7 Å². The third kappa shape index (κ3) is 5.21. The second-order valence-corrected chi connectivity index (χ2v) is 7.29. The van der Waals surface area contributed by atoms with Crippen LogP contribution in [0.5, 0.6) is 5.75 Å². The number of benzene rings is 2. The molecule has 1 saturated heterocycles. The minimum absolute atomic E-state index is 0.341. The highest BCUT2D eigenvalue weighted by Crippen LogP contribution is 2.24. The number of rotatable bonds is 7. The summed E-state index contributed by atoms with van der Waals surface area (Å²) in [7, 11) is 0. The van der Waals surface area contributed by atoms with Crippen LogP contribution in [0.15, 0.2) is 46.9 Å². The van der Waals surface area contributed by atoms with Gasteiger partial charge < -0.3 is 14.8 Å². The Morgan fingerprint density at radius 3 is 2.96 bits per heavy atom. The van der Waals surface area contributed by atoms with Gasteiger partial charge in [-0.2, -0.15) is 0 Å². The van der Waals surface area contributed by atoms with E-state index in [2.05, 4.69) is 27.3 Å². The van der Waals surface area contributed by atoms with Crippen LogP contribution in [-0.4, -0.2) is 19.3 Å². The number of ether oxygens (including phenoxy) is 2. The summed E-state index contributed by atoms with van der Waals surface area (Å²) in [5.74, 6) is 0.887. The molecule has 1 aliphatic heterocycles. The number of halogens is 2. The fourth-order valence-corrected chi connectivity index (χ4v) is 3.41. The Morgan fingerprint density at radius 1 is 1.25 bits per heavy atom. The van der Waals surface area contributed by atoms with Crippen LogP contribution in [0.3, 0.4) is 0 Å². The molecule has 0 unspecified atom stereocenters. The van der Waals surface area contributed by atoms with Gasteiger partial charge in [0, 0.05) is 34.8 Å². The second kappa shape index (κ2) is 8.86. The molecular weight excluding hydrogens is 390 g/mol. The standard InChI is InChI=1S/C19H21BrClNO2/c20-16-6-7-19(24-13-14-3-1-4-17(21)9-14)15(10-16)11-22-12-18-5-2-8-23-18/h1,3-4,6-7,9-10,18,22H,2,5,8,11-13H2/t18-/m1/s1. The quantitative estimate of drug-likeness (QED) is 0.700. The molecule has 5 heteroatoms. The molecule has 1 fully saturated rings. The Balaban J connectivity index is 1.59. The summed E-state index contributed by atoms with van der Waals surface area (Å²) in [5.41, 5.74) is 2.19. The molecular formula is C19H21BrClNO2. The number of hydrogen-bond acceptors (Lipinski definition) is 3. The van der Waals surface area contributed by atoms with E-state index in [1.165, 1.54) is 0 Å². The Labute approximate surface area is 156 Å². The summed E-state index contributed by atoms with van der Waals surface area (Å²) in [6, 6.07) is 13.8. The van der Waals surface area contributed by atoms with Crippen molar-refractivity contribution in [2.24, 2.45) is 0 Å². The SMILES string of the molecule is Clc1cccc(COc2ccc(Br)cc2CNC[C@H]2CCCO2)c1. The Kier molecular flexibility index (Phi) is 6.55. The van der Waals surface area contributed by atoms with Gasteiger partial charge in [-0.3, -0.25) is 0 Å². The van der Waals surface area contributed by atoms with Gasteiger partial charge in [-0.15, -0.1) is 0 Å². The summed E-state index contributed by atoms with van der Waals surface area (Å²) in [5, 5.41) is 4.20. The molecule has 0 spiro atoms. The first-order valence-electron chi connectivity index (χ1n) is 8.19. The van der Waals surface area contributed by atoms with Gasteiger partial charge in [-0.05, 0) is 48.7 Å². The molecule has 3 rings (SSSR count). The normalized spacial score (nSPS) is 17.2. The number of hydrogen-bond donors (Lipinski definition) is 1. The van der Waals surface area contributed by atoms with Crippen LogP contribution < -0.4 is 10.1 Å². The molecule has 3 nitrogen and oxygen atoms in total. The van der Waals surface area contributed by atoms with Crippen molar-refractivity contribution >= 4 is 27.5 Å². The van der Waals surface area contributed by atoms with Crippen LogP contribution >= 0.6 is 27.5 Å². The molecule has 2 aromatic rings. The topological polar surface area (TPSA) is 30.5 Å². The van der Waals surface area contributed by atoms with Gasteiger partial charge in [0.05, 0.1) is 6.10 Å². The van der Waals surface area contributed by atoms with E-state index in [9.17, 15) is 0 Å². The molecule has 0 amide bonds. The van der Waals surface area contributed by atoms with Crippen LogP contribution in [0.4, 0.5) is 0 Å². The summed E-state index contributed by atoms with van der Waals surface area (Å²) in [4.78, 5) is 0. The predicted octanol–water partition coefficient (Wildman–Crippen LogP) is 4.95. The Hall–Kier alpha value is -1.07. The molecule has 128 valence electrons. The largest absolute Gasteiger partial charge is 0.489 e. The maximum Gasteiger partial charge on any atom is 0.124 e. The lowest BCUT2D eigenvalue weighted by Crippen LogP contribution is -2.26. The van der Waals surface area contributed by atoms with Crippen LogP contribution in [0.25, 0.3) is 0 Å². The monoisotopic (exact) mass is 409 g/mol. The zero-order valence-electron chi connectivity index (χ0n) is 13.4. The van der Waals surface area contributed by atoms with E-state index in [1.807, 2.05) is 36.4 Å². The summed E-state index contributed by atoms with van der Waals surface area (Å²) < 4.78 is 12.7. The van der Waals surface area contributed by atoms with Gasteiger partial charge >= 0.3 is 0 Å². The average molecular weight is 411 g/mol. The van der Waals surface area contributed by atoms with Crippen molar-refractivity contribution in [1.82, 2.24) is 5.32 Å². The summed E-state index contributed by atoms with van der Waals surface area (Å²) in [6.45, 7) is 3.02. The van der Waals surface area contributed by atoms with Gasteiger partial charge in [0.25, 0.3) is 0 Å². The molecule has 2 aromatic carbocycles. The first-order chi connectivity index (χ1) is 11.7. The highest BCUT2D eigenvalue weighted by Gasteiger charge is 2.15. The first-order valence-corrected chi connectivity index (χ1v) is 9.36. The lowest BCUT2D eigenvalue weighted by Gasteiger charge is -2.15. The van der Waals surface area contributed by atoms with Crippen LogP contribution in [0, 0.1) is 0 Å². The molecule has 1 atom stereocenters. The van der Waals surface area contributed by atoms with Crippen molar-refractivity contribution in [1.29, 1.82) is 0 Å². The molecule has 0 radical (unpaired) electrons. The minimum Gasteiger partial charge on any atom is -0.489 e. The van der Waals surface area contributed by atoms with Gasteiger partial charge in [-0.25, -0.2) is 0 Å². The summed E-state index contributed by atoms with van der Waals surface area (Å²) in [6.07, 6.45) is 2.65. The van der Waals surface area contributed by atoms with E-state index in [0.717, 1.165) is 58.9 Å². The molecule has 0 saturated carbocycles. The lowest BCUT2D eigenvalue weighted by molar-refractivity contribution is 0.110. The second-order valence-electron chi connectivity index (χ2n) is 5.94. The Morgan fingerprint density at radius 2 is 2.17 bits per heavy atom. The van der Waals surface area contributed by atoms with Gasteiger partial charge in [0.1, 0.15) is 12.4 Å². The first kappa shape index (κ1) is 17.7. The zero-order valence-corrected chi connectivity index (χ0v) is 15.8. The minimum atomic E-state index is 0.341. The highest BCUT2D eigenvalue weighted by atomic mass is 79.9. The third-order valence-corrected chi connectivity index (χ3v) is 4.75. The van der Waals surface area contributed by atoms with E-state index in [4.69, 9.17) is 21.1 Å².